The first-order valence-electron chi connectivity index (χ1n) is 8.37. The molecule has 120 valence electrons. The van der Waals surface area contributed by atoms with Crippen LogP contribution in [0.1, 0.15) is 0 Å². The molecular formula is C22H17N3. The molecular weight excluding hydrogens is 306 g/mol. The van der Waals surface area contributed by atoms with E-state index < -0.39 is 0 Å². The summed E-state index contributed by atoms with van der Waals surface area (Å²) in [5, 5.41) is 3.76. The zero-order chi connectivity index (χ0) is 16.8. The van der Waals surface area contributed by atoms with Crippen LogP contribution in [0, 0.1) is 0 Å². The molecule has 0 saturated heterocycles. The molecule has 5 aromatic rings. The van der Waals surface area contributed by atoms with Crippen molar-refractivity contribution in [1.29, 1.82) is 0 Å². The Morgan fingerprint density at radius 2 is 1.52 bits per heavy atom. The fraction of sp³-hybridized carbons (Fsp3) is 0.0455. The Morgan fingerprint density at radius 1 is 0.720 bits per heavy atom. The molecule has 0 spiro atoms. The van der Waals surface area contributed by atoms with Gasteiger partial charge in [-0.05, 0) is 37.0 Å². The zero-order valence-corrected chi connectivity index (χ0v) is 13.8. The number of nitrogens with zero attached hydrogens (tertiary/aromatic N) is 3. The van der Waals surface area contributed by atoms with Crippen molar-refractivity contribution in [3.05, 3.63) is 79.0 Å². The minimum absolute atomic E-state index is 0.555. The summed E-state index contributed by atoms with van der Waals surface area (Å²) >= 11 is 0. The first kappa shape index (κ1) is 14.1. The first-order chi connectivity index (χ1) is 12.4. The molecule has 0 atom stereocenters. The van der Waals surface area contributed by atoms with Gasteiger partial charge in [0.2, 0.25) is 0 Å². The molecule has 3 aromatic carbocycles. The third-order valence-electron chi connectivity index (χ3n) is 4.87. The van der Waals surface area contributed by atoms with Crippen molar-refractivity contribution >= 4 is 39.4 Å². The lowest BCUT2D eigenvalue weighted by Crippen LogP contribution is -1.95. The Bertz CT molecular complexity index is 1230. The topological polar surface area (TPSA) is 22.2 Å². The maximum atomic E-state index is 4.16. The number of hydrogen-bond donors (Lipinski definition) is 0. The molecule has 0 N–H and O–H groups in total. The van der Waals surface area contributed by atoms with E-state index in [-0.39, 0.29) is 0 Å². The lowest BCUT2D eigenvalue weighted by Gasteiger charge is -2.07. The molecule has 0 fully saturated rings. The van der Waals surface area contributed by atoms with Crippen LogP contribution in [0.3, 0.4) is 0 Å². The van der Waals surface area contributed by atoms with Gasteiger partial charge in [-0.25, -0.2) is 0 Å². The monoisotopic (exact) mass is 323 g/mol. The first-order valence-corrected chi connectivity index (χ1v) is 8.37. The summed E-state index contributed by atoms with van der Waals surface area (Å²) in [6, 6.07) is 25.6. The molecule has 3 nitrogen and oxygen atoms in total. The molecule has 2 heterocycles. The summed E-state index contributed by atoms with van der Waals surface area (Å²) in [7, 11) is 0. The Hall–Kier alpha value is -3.33. The fourth-order valence-electron chi connectivity index (χ4n) is 3.83. The normalized spacial score (nSPS) is 11.5. The van der Waals surface area contributed by atoms with Gasteiger partial charge in [0.1, 0.15) is 6.67 Å². The average molecular weight is 323 g/mol. The highest BCUT2D eigenvalue weighted by Gasteiger charge is 2.14. The van der Waals surface area contributed by atoms with Crippen LogP contribution in [0.25, 0.3) is 38.4 Å². The Morgan fingerprint density at radius 3 is 2.36 bits per heavy atom. The second-order valence-corrected chi connectivity index (χ2v) is 6.23. The van der Waals surface area contributed by atoms with E-state index in [1.807, 2.05) is 6.07 Å². The van der Waals surface area contributed by atoms with E-state index in [0.717, 1.165) is 0 Å². The van der Waals surface area contributed by atoms with E-state index >= 15 is 0 Å². The van der Waals surface area contributed by atoms with E-state index in [0.29, 0.717) is 6.67 Å². The second kappa shape index (κ2) is 5.35. The molecule has 0 bridgehead atoms. The molecule has 0 unspecified atom stereocenters. The number of aliphatic imine (C=N–C) groups is 1. The van der Waals surface area contributed by atoms with Crippen LogP contribution < -0.4 is 0 Å². The van der Waals surface area contributed by atoms with Gasteiger partial charge in [0, 0.05) is 28.0 Å². The molecule has 0 saturated carbocycles. The molecule has 0 radical (unpaired) electrons. The maximum absolute atomic E-state index is 4.16. The quantitative estimate of drug-likeness (QED) is 0.397. The van der Waals surface area contributed by atoms with Crippen molar-refractivity contribution in [3.8, 4) is 5.69 Å². The van der Waals surface area contributed by atoms with Gasteiger partial charge in [-0.15, -0.1) is 0 Å². The van der Waals surface area contributed by atoms with Gasteiger partial charge in [0.05, 0.1) is 16.6 Å². The number of aromatic nitrogens is 2. The van der Waals surface area contributed by atoms with Gasteiger partial charge in [-0.2, -0.15) is 0 Å². The molecule has 3 heteroatoms. The number of benzene rings is 3. The van der Waals surface area contributed by atoms with Crippen molar-refractivity contribution in [3.63, 3.8) is 0 Å². The highest BCUT2D eigenvalue weighted by Crippen LogP contribution is 2.35. The minimum Gasteiger partial charge on any atom is -0.320 e. The lowest BCUT2D eigenvalue weighted by molar-refractivity contribution is 0.801. The predicted octanol–water partition coefficient (Wildman–Crippen LogP) is 5.40. The molecule has 0 aliphatic rings. The summed E-state index contributed by atoms with van der Waals surface area (Å²) in [5.74, 6) is 0. The SMILES string of the molecule is C=NCn1c2ccccc2c2ccc3c(ccn3-c3ccccc3)c21. The van der Waals surface area contributed by atoms with Crippen molar-refractivity contribution in [1.82, 2.24) is 9.13 Å². The summed E-state index contributed by atoms with van der Waals surface area (Å²) in [6.07, 6.45) is 2.14. The van der Waals surface area contributed by atoms with Crippen molar-refractivity contribution < 1.29 is 0 Å². The van der Waals surface area contributed by atoms with Crippen molar-refractivity contribution in [2.75, 3.05) is 0 Å². The molecule has 25 heavy (non-hydrogen) atoms. The van der Waals surface area contributed by atoms with Gasteiger partial charge in [0.15, 0.2) is 0 Å². The predicted molar refractivity (Wildman–Crippen MR) is 106 cm³/mol. The smallest absolute Gasteiger partial charge is 0.114 e. The number of hydrogen-bond acceptors (Lipinski definition) is 1. The van der Waals surface area contributed by atoms with Crippen LogP contribution in [0.5, 0.6) is 0 Å². The van der Waals surface area contributed by atoms with Crippen LogP contribution in [0.2, 0.25) is 0 Å². The molecule has 0 aliphatic heterocycles. The van der Waals surface area contributed by atoms with E-state index in [1.165, 1.54) is 38.4 Å². The lowest BCUT2D eigenvalue weighted by atomic mass is 10.1. The van der Waals surface area contributed by atoms with Crippen LogP contribution in [-0.2, 0) is 6.67 Å². The van der Waals surface area contributed by atoms with Gasteiger partial charge < -0.3 is 9.13 Å². The van der Waals surface area contributed by atoms with Crippen LogP contribution in [0.4, 0.5) is 0 Å². The highest BCUT2D eigenvalue weighted by atomic mass is 15.1. The van der Waals surface area contributed by atoms with E-state index in [2.05, 4.69) is 93.8 Å². The van der Waals surface area contributed by atoms with Gasteiger partial charge in [-0.1, -0.05) is 42.5 Å². The largest absolute Gasteiger partial charge is 0.320 e. The number of rotatable bonds is 3. The summed E-state index contributed by atoms with van der Waals surface area (Å²) in [6.45, 7) is 4.26. The van der Waals surface area contributed by atoms with Gasteiger partial charge >= 0.3 is 0 Å². The Kier molecular flexibility index (Phi) is 3.01. The molecule has 5 rings (SSSR count). The minimum atomic E-state index is 0.555. The second-order valence-electron chi connectivity index (χ2n) is 6.23. The van der Waals surface area contributed by atoms with E-state index in [9.17, 15) is 0 Å². The molecule has 0 amide bonds. The number of fused-ring (bicyclic) bond motifs is 5. The third kappa shape index (κ3) is 1.96. The number of para-hydroxylation sites is 2. The summed E-state index contributed by atoms with van der Waals surface area (Å²) < 4.78 is 4.49. The fourth-order valence-corrected chi connectivity index (χ4v) is 3.83. The van der Waals surface area contributed by atoms with Gasteiger partial charge in [-0.3, -0.25) is 4.99 Å². The average Bonchev–Trinajstić information content (AvgIpc) is 3.23. The highest BCUT2D eigenvalue weighted by molar-refractivity contribution is 6.17. The summed E-state index contributed by atoms with van der Waals surface area (Å²) in [5.41, 5.74) is 4.79. The Balaban J connectivity index is 1.93. The zero-order valence-electron chi connectivity index (χ0n) is 13.8. The molecule has 0 aliphatic carbocycles. The van der Waals surface area contributed by atoms with Gasteiger partial charge in [0.25, 0.3) is 0 Å². The third-order valence-corrected chi connectivity index (χ3v) is 4.87. The standard InChI is InChI=1S/C22H17N3/c1-23-15-25-20-10-6-5-9-17(20)18-11-12-21-19(22(18)25)13-14-24(21)16-7-3-2-4-8-16/h2-14H,1,15H2. The van der Waals surface area contributed by atoms with Crippen molar-refractivity contribution in [2.24, 2.45) is 4.99 Å². The van der Waals surface area contributed by atoms with Crippen LogP contribution in [0.15, 0.2) is 84.0 Å². The van der Waals surface area contributed by atoms with Crippen LogP contribution in [-0.4, -0.2) is 15.9 Å². The molecule has 2 aromatic heterocycles. The van der Waals surface area contributed by atoms with Crippen LogP contribution >= 0.6 is 0 Å². The van der Waals surface area contributed by atoms with E-state index in [1.54, 1.807) is 0 Å². The maximum Gasteiger partial charge on any atom is 0.114 e. The Labute approximate surface area is 145 Å². The van der Waals surface area contributed by atoms with E-state index in [4.69, 9.17) is 0 Å². The van der Waals surface area contributed by atoms with Crippen molar-refractivity contribution in [2.45, 2.75) is 6.67 Å². The summed E-state index contributed by atoms with van der Waals surface area (Å²) in [4.78, 5) is 4.16.